The average Bonchev–Trinajstić information content (AvgIpc) is 1.91. The van der Waals surface area contributed by atoms with Crippen LogP contribution in [0.1, 0.15) is 5.82 Å². The minimum Gasteiger partial charge on any atom is -0.338 e. The third kappa shape index (κ3) is 0.559. The third-order valence-electron chi connectivity index (χ3n) is 0.862. The van der Waals surface area contributed by atoms with Crippen LogP contribution in [0.15, 0.2) is 12.4 Å². The van der Waals surface area contributed by atoms with Gasteiger partial charge in [-0.25, -0.2) is 4.98 Å². The van der Waals surface area contributed by atoms with E-state index < -0.39 is 0 Å². The van der Waals surface area contributed by atoms with Crippen LogP contribution in [0.25, 0.3) is 0 Å². The molecule has 1 aromatic heterocycles. The van der Waals surface area contributed by atoms with Crippen LogP contribution in [0.5, 0.6) is 0 Å². The molecule has 7 heavy (non-hydrogen) atoms. The second kappa shape index (κ2) is 1.26. The number of nitrogens with zero attached hydrogens (tertiary/aromatic N) is 2. The number of hydrogen-bond donors (Lipinski definition) is 1. The maximum Gasteiger partial charge on any atom is 0.123 e. The highest BCUT2D eigenvalue weighted by Crippen LogP contribution is 1.84. The highest BCUT2D eigenvalue weighted by Gasteiger charge is 1.84. The Morgan fingerprint density at radius 3 is 2.71 bits per heavy atom. The van der Waals surface area contributed by atoms with E-state index in [1.54, 1.807) is 12.4 Å². The second-order valence-corrected chi connectivity index (χ2v) is 1.38. The lowest BCUT2D eigenvalue weighted by Crippen LogP contribution is -2.07. The van der Waals surface area contributed by atoms with Gasteiger partial charge in [0.15, 0.2) is 0 Å². The zero-order chi connectivity index (χ0) is 5.28. The van der Waals surface area contributed by atoms with E-state index in [1.165, 1.54) is 4.68 Å². The van der Waals surface area contributed by atoms with Crippen molar-refractivity contribution in [2.75, 3.05) is 5.84 Å². The van der Waals surface area contributed by atoms with Crippen molar-refractivity contribution in [3.8, 4) is 0 Å². The van der Waals surface area contributed by atoms with Crippen molar-refractivity contribution in [1.82, 2.24) is 9.66 Å². The van der Waals surface area contributed by atoms with E-state index in [2.05, 4.69) is 4.98 Å². The van der Waals surface area contributed by atoms with E-state index in [0.29, 0.717) is 0 Å². The number of hydrogen-bond acceptors (Lipinski definition) is 2. The smallest absolute Gasteiger partial charge is 0.123 e. The summed E-state index contributed by atoms with van der Waals surface area (Å²) in [6.07, 6.45) is 3.37. The van der Waals surface area contributed by atoms with Crippen molar-refractivity contribution in [2.45, 2.75) is 6.92 Å². The summed E-state index contributed by atoms with van der Waals surface area (Å²) in [5.41, 5.74) is 0. The minimum atomic E-state index is 0.833. The van der Waals surface area contributed by atoms with Crippen LogP contribution in [-0.2, 0) is 0 Å². The number of imidazole rings is 1. The van der Waals surface area contributed by atoms with Crippen molar-refractivity contribution in [2.24, 2.45) is 0 Å². The van der Waals surface area contributed by atoms with Crippen molar-refractivity contribution >= 4 is 0 Å². The molecule has 0 aromatic carbocycles. The third-order valence-corrected chi connectivity index (χ3v) is 0.862. The van der Waals surface area contributed by atoms with Crippen LogP contribution in [0.4, 0.5) is 0 Å². The summed E-state index contributed by atoms with van der Waals surface area (Å²) in [6, 6.07) is 0. The number of rotatable bonds is 0. The lowest BCUT2D eigenvalue weighted by molar-refractivity contribution is 0.928. The molecule has 38 valence electrons. The monoisotopic (exact) mass is 97.1 g/mol. The molecule has 0 spiro atoms. The topological polar surface area (TPSA) is 43.8 Å². The SMILES string of the molecule is Cc1nccn1N. The van der Waals surface area contributed by atoms with Crippen molar-refractivity contribution in [1.29, 1.82) is 0 Å². The fourth-order valence-electron chi connectivity index (χ4n) is 0.388. The lowest BCUT2D eigenvalue weighted by atomic mass is 10.7. The van der Waals surface area contributed by atoms with Gasteiger partial charge in [0.2, 0.25) is 0 Å². The molecule has 0 unspecified atom stereocenters. The van der Waals surface area contributed by atoms with Gasteiger partial charge < -0.3 is 5.84 Å². The lowest BCUT2D eigenvalue weighted by Gasteiger charge is -1.88. The van der Waals surface area contributed by atoms with E-state index in [9.17, 15) is 0 Å². The number of aromatic nitrogens is 2. The molecule has 1 rings (SSSR count). The van der Waals surface area contributed by atoms with Gasteiger partial charge in [0.1, 0.15) is 5.82 Å². The molecule has 0 aliphatic rings. The maximum atomic E-state index is 5.29. The molecule has 0 amide bonds. The number of nitrogens with two attached hydrogens (primary N) is 1. The van der Waals surface area contributed by atoms with E-state index >= 15 is 0 Å². The van der Waals surface area contributed by atoms with Gasteiger partial charge in [-0.1, -0.05) is 0 Å². The van der Waals surface area contributed by atoms with E-state index in [4.69, 9.17) is 5.84 Å². The Balaban J connectivity index is 3.12. The molecule has 0 fully saturated rings. The van der Waals surface area contributed by atoms with Gasteiger partial charge in [0.05, 0.1) is 0 Å². The van der Waals surface area contributed by atoms with Crippen molar-refractivity contribution in [3.05, 3.63) is 18.2 Å². The summed E-state index contributed by atoms with van der Waals surface area (Å²) >= 11 is 0. The first-order valence-corrected chi connectivity index (χ1v) is 2.06. The van der Waals surface area contributed by atoms with Crippen LogP contribution in [0, 0.1) is 6.92 Å². The van der Waals surface area contributed by atoms with Crippen molar-refractivity contribution in [3.63, 3.8) is 0 Å². The van der Waals surface area contributed by atoms with Gasteiger partial charge in [-0.3, -0.25) is 4.68 Å². The second-order valence-electron chi connectivity index (χ2n) is 1.38. The molecular formula is C4H7N3. The molecule has 2 N–H and O–H groups in total. The number of aryl methyl sites for hydroxylation is 1. The zero-order valence-corrected chi connectivity index (χ0v) is 4.13. The maximum absolute atomic E-state index is 5.29. The summed E-state index contributed by atoms with van der Waals surface area (Å²) in [7, 11) is 0. The fraction of sp³-hybridized carbons (Fsp3) is 0.250. The normalized spacial score (nSPS) is 9.29. The van der Waals surface area contributed by atoms with Crippen LogP contribution in [-0.4, -0.2) is 9.66 Å². The van der Waals surface area contributed by atoms with Gasteiger partial charge >= 0.3 is 0 Å². The zero-order valence-electron chi connectivity index (χ0n) is 4.13. The molecule has 0 bridgehead atoms. The first kappa shape index (κ1) is 4.18. The summed E-state index contributed by atoms with van der Waals surface area (Å²) in [5.74, 6) is 6.13. The highest BCUT2D eigenvalue weighted by molar-refractivity contribution is 4.86. The molecular weight excluding hydrogens is 90.1 g/mol. The Kier molecular flexibility index (Phi) is 0.749. The molecule has 0 saturated heterocycles. The highest BCUT2D eigenvalue weighted by atomic mass is 15.3. The molecule has 0 radical (unpaired) electrons. The summed E-state index contributed by atoms with van der Waals surface area (Å²) in [5, 5.41) is 0. The average molecular weight is 97.1 g/mol. The summed E-state index contributed by atoms with van der Waals surface area (Å²) in [4.78, 5) is 3.85. The van der Waals surface area contributed by atoms with Gasteiger partial charge in [0.25, 0.3) is 0 Å². The molecule has 0 aliphatic carbocycles. The van der Waals surface area contributed by atoms with Crippen LogP contribution in [0.2, 0.25) is 0 Å². The predicted molar refractivity (Wildman–Crippen MR) is 27.1 cm³/mol. The fourth-order valence-corrected chi connectivity index (χ4v) is 0.388. The van der Waals surface area contributed by atoms with Crippen LogP contribution in [0.3, 0.4) is 0 Å². The van der Waals surface area contributed by atoms with Gasteiger partial charge in [-0.2, -0.15) is 0 Å². The van der Waals surface area contributed by atoms with E-state index in [0.717, 1.165) is 5.82 Å². The summed E-state index contributed by atoms with van der Waals surface area (Å²) in [6.45, 7) is 1.85. The molecule has 0 atom stereocenters. The van der Waals surface area contributed by atoms with Crippen LogP contribution < -0.4 is 5.84 Å². The summed E-state index contributed by atoms with van der Waals surface area (Å²) < 4.78 is 1.47. The van der Waals surface area contributed by atoms with E-state index in [-0.39, 0.29) is 0 Å². The first-order chi connectivity index (χ1) is 3.30. The minimum absolute atomic E-state index is 0.833. The number of nitrogen functional groups attached to an aromatic ring is 1. The standard InChI is InChI=1S/C4H7N3/c1-4-6-2-3-7(4)5/h2-3H,5H2,1H3. The molecule has 0 saturated carbocycles. The quantitative estimate of drug-likeness (QED) is 0.459. The largest absolute Gasteiger partial charge is 0.338 e. The molecule has 1 aromatic rings. The Morgan fingerprint density at radius 2 is 2.57 bits per heavy atom. The Labute approximate surface area is 41.7 Å². The molecule has 3 heteroatoms. The molecule has 1 heterocycles. The van der Waals surface area contributed by atoms with Crippen molar-refractivity contribution < 1.29 is 0 Å². The molecule has 3 nitrogen and oxygen atoms in total. The van der Waals surface area contributed by atoms with Gasteiger partial charge in [0, 0.05) is 12.4 Å². The van der Waals surface area contributed by atoms with Crippen LogP contribution >= 0.6 is 0 Å². The van der Waals surface area contributed by atoms with Gasteiger partial charge in [-0.05, 0) is 6.92 Å². The Hall–Kier alpha value is -0.990. The Morgan fingerprint density at radius 1 is 1.86 bits per heavy atom. The van der Waals surface area contributed by atoms with E-state index in [1.807, 2.05) is 6.92 Å². The Bertz CT molecular complexity index is 139. The predicted octanol–water partition coefficient (Wildman–Crippen LogP) is -0.0947. The molecule has 0 aliphatic heterocycles. The van der Waals surface area contributed by atoms with Gasteiger partial charge in [-0.15, -0.1) is 0 Å². The first-order valence-electron chi connectivity index (χ1n) is 2.06.